The van der Waals surface area contributed by atoms with E-state index in [2.05, 4.69) is 64.6 Å². The molecule has 0 radical (unpaired) electrons. The lowest BCUT2D eigenvalue weighted by atomic mass is 10.1. The minimum atomic E-state index is -4.93. The van der Waals surface area contributed by atoms with E-state index >= 15 is 0 Å². The van der Waals surface area contributed by atoms with Gasteiger partial charge >= 0.3 is 0 Å². The minimum Gasteiger partial charge on any atom is -0.368 e. The maximum atomic E-state index is 12.4. The van der Waals surface area contributed by atoms with Crippen LogP contribution in [0.5, 0.6) is 0 Å². The van der Waals surface area contributed by atoms with E-state index in [1.807, 2.05) is 6.07 Å². The number of nitrogens with one attached hydrogen (secondary N) is 4. The monoisotopic (exact) mass is 867 g/mol. The number of anilines is 6. The van der Waals surface area contributed by atoms with Gasteiger partial charge in [-0.2, -0.15) is 37.0 Å². The van der Waals surface area contributed by atoms with Crippen molar-refractivity contribution >= 4 is 97.8 Å². The number of halogens is 1. The molecular formula is C30H30ClN11O10S4. The summed E-state index contributed by atoms with van der Waals surface area (Å²) >= 11 is 6.08. The predicted octanol–water partition coefficient (Wildman–Crippen LogP) is 4.44. The summed E-state index contributed by atoms with van der Waals surface area (Å²) in [5, 5.41) is 30.3. The highest BCUT2D eigenvalue weighted by molar-refractivity contribution is 7.94. The van der Waals surface area contributed by atoms with Gasteiger partial charge in [-0.15, -0.1) is 10.2 Å². The summed E-state index contributed by atoms with van der Waals surface area (Å²) in [7, 11) is -16.8. The largest absolute Gasteiger partial charge is 0.368 e. The van der Waals surface area contributed by atoms with E-state index < -0.39 is 66.9 Å². The lowest BCUT2D eigenvalue weighted by Gasteiger charge is -2.15. The number of sulfone groups is 2. The van der Waals surface area contributed by atoms with E-state index in [0.717, 1.165) is 35.1 Å². The second kappa shape index (κ2) is 17.5. The molecular weight excluding hydrogens is 838 g/mol. The van der Waals surface area contributed by atoms with Crippen molar-refractivity contribution in [3.63, 3.8) is 0 Å². The Morgan fingerprint density at radius 1 is 0.786 bits per heavy atom. The van der Waals surface area contributed by atoms with Gasteiger partial charge in [0.15, 0.2) is 25.5 Å². The molecule has 2 heterocycles. The molecule has 0 aliphatic rings. The molecule has 296 valence electrons. The number of azo groups is 1. The van der Waals surface area contributed by atoms with Crippen molar-refractivity contribution in [2.24, 2.45) is 10.2 Å². The van der Waals surface area contributed by atoms with Gasteiger partial charge in [-0.25, -0.2) is 21.8 Å². The second-order valence-electron chi connectivity index (χ2n) is 11.1. The molecule has 26 heteroatoms. The van der Waals surface area contributed by atoms with Gasteiger partial charge in [0.05, 0.1) is 22.0 Å². The molecule has 0 bridgehead atoms. The molecule has 56 heavy (non-hydrogen) atoms. The van der Waals surface area contributed by atoms with Crippen LogP contribution in [0.4, 0.5) is 46.3 Å². The van der Waals surface area contributed by atoms with Gasteiger partial charge in [0.2, 0.25) is 17.2 Å². The van der Waals surface area contributed by atoms with E-state index in [0.29, 0.717) is 0 Å². The van der Waals surface area contributed by atoms with Crippen LogP contribution in [0.2, 0.25) is 5.28 Å². The molecule has 0 fully saturated rings. The van der Waals surface area contributed by atoms with Gasteiger partial charge in [0, 0.05) is 40.8 Å². The Morgan fingerprint density at radius 3 is 1.89 bits per heavy atom. The fourth-order valence-electron chi connectivity index (χ4n) is 4.44. The summed E-state index contributed by atoms with van der Waals surface area (Å²) in [5.41, 5.74) is -0.377. The number of benzene rings is 2. The Labute approximate surface area is 326 Å². The van der Waals surface area contributed by atoms with Gasteiger partial charge in [0.1, 0.15) is 28.2 Å². The first-order valence-electron chi connectivity index (χ1n) is 15.3. The topological polar surface area (TPSA) is 325 Å². The van der Waals surface area contributed by atoms with Crippen LogP contribution < -0.4 is 21.3 Å². The average Bonchev–Trinajstić information content (AvgIpc) is 3.10. The van der Waals surface area contributed by atoms with Crippen LogP contribution in [-0.4, -0.2) is 87.3 Å². The zero-order valence-corrected chi connectivity index (χ0v) is 32.8. The third kappa shape index (κ3) is 11.7. The first kappa shape index (κ1) is 43.1. The molecule has 4 aromatic rings. The summed E-state index contributed by atoms with van der Waals surface area (Å²) in [4.78, 5) is 15.2. The van der Waals surface area contributed by atoms with Gasteiger partial charge in [-0.1, -0.05) is 19.2 Å². The molecule has 2 aromatic carbocycles. The van der Waals surface area contributed by atoms with Crippen LogP contribution in [0.3, 0.4) is 0 Å². The third-order valence-corrected chi connectivity index (χ3v) is 11.6. The van der Waals surface area contributed by atoms with Crippen LogP contribution in [0.25, 0.3) is 0 Å². The number of nitrogens with zero attached hydrogens (tertiary/aromatic N) is 7. The van der Waals surface area contributed by atoms with E-state index in [4.69, 9.17) is 11.6 Å². The van der Waals surface area contributed by atoms with Crippen molar-refractivity contribution in [2.75, 3.05) is 45.9 Å². The van der Waals surface area contributed by atoms with Crippen molar-refractivity contribution in [2.45, 2.75) is 16.7 Å². The van der Waals surface area contributed by atoms with Crippen molar-refractivity contribution in [1.82, 2.24) is 19.9 Å². The van der Waals surface area contributed by atoms with E-state index in [-0.39, 0.29) is 70.1 Å². The SMILES string of the molecule is C=CS(=O)(=O)CCNc1nc(NCCS(=O)(=O)C=C)c(/N=N/c2cc(Nc3nc(Cl)nc(Nc4cccc(S(=O)(=O)O)c4)n3)ccc2S(=O)(=O)O)c(C)c1C#N. The Bertz CT molecular complexity index is 2730. The first-order chi connectivity index (χ1) is 26.1. The molecule has 21 nitrogen and oxygen atoms in total. The Balaban J connectivity index is 1.74. The van der Waals surface area contributed by atoms with Crippen LogP contribution in [-0.2, 0) is 39.9 Å². The van der Waals surface area contributed by atoms with Gasteiger partial charge in [-0.3, -0.25) is 9.11 Å². The first-order valence-corrected chi connectivity index (χ1v) is 22.0. The van der Waals surface area contributed by atoms with E-state index in [9.17, 15) is 48.0 Å². The summed E-state index contributed by atoms with van der Waals surface area (Å²) < 4.78 is 115. The number of rotatable bonds is 18. The average molecular weight is 868 g/mol. The Kier molecular flexibility index (Phi) is 13.4. The fraction of sp³-hybridized carbons (Fsp3) is 0.167. The summed E-state index contributed by atoms with van der Waals surface area (Å²) in [6.45, 7) is 7.50. The van der Waals surface area contributed by atoms with E-state index in [1.54, 1.807) is 0 Å². The van der Waals surface area contributed by atoms with Crippen molar-refractivity contribution in [3.05, 3.63) is 82.8 Å². The Hall–Kier alpha value is -5.62. The maximum Gasteiger partial charge on any atom is 0.296 e. The van der Waals surface area contributed by atoms with E-state index in [1.165, 1.54) is 25.1 Å². The normalized spacial score (nSPS) is 12.1. The molecule has 0 aliphatic carbocycles. The summed E-state index contributed by atoms with van der Waals surface area (Å²) in [6.07, 6.45) is 0. The third-order valence-electron chi connectivity index (χ3n) is 7.14. The Morgan fingerprint density at radius 2 is 1.36 bits per heavy atom. The van der Waals surface area contributed by atoms with Crippen molar-refractivity contribution < 1.29 is 42.8 Å². The summed E-state index contributed by atoms with van der Waals surface area (Å²) in [5.74, 6) is -1.44. The van der Waals surface area contributed by atoms with Gasteiger partial charge in [-0.05, 0) is 54.9 Å². The predicted molar refractivity (Wildman–Crippen MR) is 207 cm³/mol. The van der Waals surface area contributed by atoms with Crippen LogP contribution >= 0.6 is 11.6 Å². The van der Waals surface area contributed by atoms with Gasteiger partial charge < -0.3 is 21.3 Å². The quantitative estimate of drug-likeness (QED) is 0.0594. The minimum absolute atomic E-state index is 0.0718. The fourth-order valence-corrected chi connectivity index (χ4v) is 6.84. The maximum absolute atomic E-state index is 12.4. The standard InChI is InChI=1S/C30H30ClN11O10S4/c1-4-53(43,44)13-11-33-26-22(17-32)18(3)25(27(37-26)34-12-14-54(45,46)5-2)42-41-23-16-20(9-10-24(23)56(50,51)52)36-30-39-28(31)38-29(40-30)35-19-7-6-8-21(15-19)55(47,48)49/h4-10,15-16H,1-2,11-14H2,3H3,(H2,33,34,37)(H,47,48,49)(H,50,51,52)(H2,35,36,38,39,40)/b42-41+. The molecule has 0 amide bonds. The molecule has 6 N–H and O–H groups in total. The number of aromatic nitrogens is 4. The lowest BCUT2D eigenvalue weighted by Crippen LogP contribution is -2.17. The number of nitriles is 1. The molecule has 0 saturated heterocycles. The smallest absolute Gasteiger partial charge is 0.296 e. The second-order valence-corrected chi connectivity index (χ2v) is 18.3. The lowest BCUT2D eigenvalue weighted by molar-refractivity contribution is 0.481. The molecule has 4 rings (SSSR count). The highest BCUT2D eigenvalue weighted by Gasteiger charge is 2.21. The highest BCUT2D eigenvalue weighted by atomic mass is 35.5. The zero-order chi connectivity index (χ0) is 41.5. The molecule has 0 spiro atoms. The van der Waals surface area contributed by atoms with Crippen molar-refractivity contribution in [1.29, 1.82) is 5.26 Å². The summed E-state index contributed by atoms with van der Waals surface area (Å²) in [6, 6.07) is 10.3. The zero-order valence-electron chi connectivity index (χ0n) is 28.7. The number of pyridine rings is 1. The molecule has 0 aliphatic heterocycles. The highest BCUT2D eigenvalue weighted by Crippen LogP contribution is 2.37. The van der Waals surface area contributed by atoms with Crippen LogP contribution in [0.1, 0.15) is 11.1 Å². The number of hydrogen-bond acceptors (Lipinski definition) is 19. The molecule has 0 saturated carbocycles. The van der Waals surface area contributed by atoms with Crippen LogP contribution in [0.15, 0.2) is 86.5 Å². The molecule has 0 unspecified atom stereocenters. The van der Waals surface area contributed by atoms with Gasteiger partial charge in [0.25, 0.3) is 20.2 Å². The van der Waals surface area contributed by atoms with Crippen LogP contribution in [0, 0.1) is 18.3 Å². The number of hydrogen-bond donors (Lipinski definition) is 6. The molecule has 2 aromatic heterocycles. The molecule has 0 atom stereocenters. The van der Waals surface area contributed by atoms with Crippen molar-refractivity contribution in [3.8, 4) is 6.07 Å².